The lowest BCUT2D eigenvalue weighted by molar-refractivity contribution is 0.0652. The normalized spacial score (nSPS) is 13.1. The summed E-state index contributed by atoms with van der Waals surface area (Å²) in [4.78, 5) is 38.3. The van der Waals surface area contributed by atoms with E-state index >= 15 is 0 Å². The number of imide groups is 1. The maximum absolute atomic E-state index is 13.8. The molecule has 134 valence electrons. The fourth-order valence-electron chi connectivity index (χ4n) is 2.74. The first-order chi connectivity index (χ1) is 12.4. The van der Waals surface area contributed by atoms with Gasteiger partial charge in [-0.2, -0.15) is 0 Å². The van der Waals surface area contributed by atoms with Gasteiger partial charge >= 0.3 is 0 Å². The average molecular weight is 375 g/mol. The number of rotatable bonds is 5. The third-order valence-corrected chi connectivity index (χ3v) is 4.38. The SMILES string of the molecule is CCCCN1C(=O)c2ccc(C(=O)Nc3ccc(Cl)cc3F)cc2C1=O. The van der Waals surface area contributed by atoms with Gasteiger partial charge in [-0.3, -0.25) is 19.3 Å². The number of hydrogen-bond donors (Lipinski definition) is 1. The number of hydrogen-bond acceptors (Lipinski definition) is 3. The van der Waals surface area contributed by atoms with Crippen molar-refractivity contribution in [3.05, 3.63) is 63.9 Å². The summed E-state index contributed by atoms with van der Waals surface area (Å²) in [6.45, 7) is 2.32. The van der Waals surface area contributed by atoms with Crippen LogP contribution in [0.5, 0.6) is 0 Å². The molecule has 0 unspecified atom stereocenters. The molecule has 0 atom stereocenters. The summed E-state index contributed by atoms with van der Waals surface area (Å²) in [7, 11) is 0. The Balaban J connectivity index is 1.84. The van der Waals surface area contributed by atoms with Crippen LogP contribution in [0.1, 0.15) is 50.8 Å². The van der Waals surface area contributed by atoms with Gasteiger partial charge in [0.1, 0.15) is 5.82 Å². The first-order valence-electron chi connectivity index (χ1n) is 8.19. The fourth-order valence-corrected chi connectivity index (χ4v) is 2.90. The lowest BCUT2D eigenvalue weighted by atomic mass is 10.1. The van der Waals surface area contributed by atoms with Crippen molar-refractivity contribution in [3.8, 4) is 0 Å². The van der Waals surface area contributed by atoms with Crippen LogP contribution in [-0.4, -0.2) is 29.2 Å². The smallest absolute Gasteiger partial charge is 0.261 e. The molecule has 1 aliphatic heterocycles. The number of anilines is 1. The van der Waals surface area contributed by atoms with Crippen LogP contribution in [-0.2, 0) is 0 Å². The second-order valence-corrected chi connectivity index (χ2v) is 6.39. The molecule has 0 aromatic heterocycles. The van der Waals surface area contributed by atoms with E-state index in [1.165, 1.54) is 35.2 Å². The monoisotopic (exact) mass is 374 g/mol. The number of nitrogens with one attached hydrogen (secondary N) is 1. The van der Waals surface area contributed by atoms with Gasteiger partial charge in [0, 0.05) is 17.1 Å². The summed E-state index contributed by atoms with van der Waals surface area (Å²) in [5.41, 5.74) is 0.610. The molecule has 0 radical (unpaired) electrons. The maximum atomic E-state index is 13.8. The van der Waals surface area contributed by atoms with Gasteiger partial charge in [0.25, 0.3) is 17.7 Å². The zero-order valence-electron chi connectivity index (χ0n) is 14.0. The summed E-state index contributed by atoms with van der Waals surface area (Å²) in [6, 6.07) is 8.16. The van der Waals surface area contributed by atoms with Gasteiger partial charge in [0.2, 0.25) is 0 Å². The molecule has 0 fully saturated rings. The molecule has 0 bridgehead atoms. The summed E-state index contributed by atoms with van der Waals surface area (Å²) in [5, 5.41) is 2.65. The zero-order valence-corrected chi connectivity index (χ0v) is 14.8. The molecule has 1 N–H and O–H groups in total. The molecular weight excluding hydrogens is 359 g/mol. The Morgan fingerprint density at radius 1 is 1.12 bits per heavy atom. The Labute approximate surface area is 154 Å². The van der Waals surface area contributed by atoms with Crippen LogP contribution in [0.15, 0.2) is 36.4 Å². The van der Waals surface area contributed by atoms with E-state index < -0.39 is 17.6 Å². The maximum Gasteiger partial charge on any atom is 0.261 e. The average Bonchev–Trinajstić information content (AvgIpc) is 2.86. The Morgan fingerprint density at radius 3 is 2.54 bits per heavy atom. The Morgan fingerprint density at radius 2 is 1.85 bits per heavy atom. The van der Waals surface area contributed by atoms with Crippen molar-refractivity contribution in [2.24, 2.45) is 0 Å². The van der Waals surface area contributed by atoms with E-state index in [2.05, 4.69) is 5.32 Å². The molecule has 0 saturated heterocycles. The number of halogens is 2. The summed E-state index contributed by atoms with van der Waals surface area (Å²) >= 11 is 5.69. The van der Waals surface area contributed by atoms with E-state index in [0.717, 1.165) is 12.5 Å². The van der Waals surface area contributed by atoms with Gasteiger partial charge in [0.15, 0.2) is 0 Å². The summed E-state index contributed by atoms with van der Waals surface area (Å²) in [6.07, 6.45) is 1.57. The lowest BCUT2D eigenvalue weighted by Crippen LogP contribution is -2.30. The topological polar surface area (TPSA) is 66.5 Å². The molecule has 3 rings (SSSR count). The van der Waals surface area contributed by atoms with Crippen LogP contribution in [0, 0.1) is 5.82 Å². The molecule has 1 aliphatic rings. The highest BCUT2D eigenvalue weighted by molar-refractivity contribution is 6.30. The molecular formula is C19H16ClFN2O3. The number of unbranched alkanes of at least 4 members (excludes halogenated alkanes) is 1. The van der Waals surface area contributed by atoms with Gasteiger partial charge in [-0.05, 0) is 42.8 Å². The number of amides is 3. The molecule has 5 nitrogen and oxygen atoms in total. The van der Waals surface area contributed by atoms with Crippen LogP contribution in [0.25, 0.3) is 0 Å². The lowest BCUT2D eigenvalue weighted by Gasteiger charge is -2.12. The largest absolute Gasteiger partial charge is 0.319 e. The highest BCUT2D eigenvalue weighted by Crippen LogP contribution is 2.25. The number of carbonyl (C=O) groups excluding carboxylic acids is 3. The minimum absolute atomic E-state index is 0.0214. The van der Waals surface area contributed by atoms with Gasteiger partial charge in [-0.25, -0.2) is 4.39 Å². The highest BCUT2D eigenvalue weighted by atomic mass is 35.5. The number of nitrogens with zero attached hydrogens (tertiary/aromatic N) is 1. The van der Waals surface area contributed by atoms with Gasteiger partial charge in [0.05, 0.1) is 16.8 Å². The first kappa shape index (κ1) is 18.1. The van der Waals surface area contributed by atoms with Crippen molar-refractivity contribution < 1.29 is 18.8 Å². The van der Waals surface area contributed by atoms with Crippen molar-refractivity contribution in [1.82, 2.24) is 4.90 Å². The predicted octanol–water partition coefficient (Wildman–Crippen LogP) is 4.13. The summed E-state index contributed by atoms with van der Waals surface area (Å²) < 4.78 is 13.8. The van der Waals surface area contributed by atoms with Crippen molar-refractivity contribution in [2.75, 3.05) is 11.9 Å². The van der Waals surface area contributed by atoms with E-state index in [4.69, 9.17) is 11.6 Å². The highest BCUT2D eigenvalue weighted by Gasteiger charge is 2.35. The standard InChI is InChI=1S/C19H16ClFN2O3/c1-2-3-8-23-18(25)13-6-4-11(9-14(13)19(23)26)17(24)22-16-7-5-12(20)10-15(16)21/h4-7,9-10H,2-3,8H2,1H3,(H,22,24). The van der Waals surface area contributed by atoms with Crippen LogP contribution < -0.4 is 5.32 Å². The molecule has 0 aliphatic carbocycles. The molecule has 0 saturated carbocycles. The van der Waals surface area contributed by atoms with Gasteiger partial charge < -0.3 is 5.32 Å². The molecule has 2 aromatic carbocycles. The quantitative estimate of drug-likeness (QED) is 0.800. The predicted molar refractivity (Wildman–Crippen MR) is 96.1 cm³/mol. The van der Waals surface area contributed by atoms with Crippen molar-refractivity contribution in [3.63, 3.8) is 0 Å². The summed E-state index contributed by atoms with van der Waals surface area (Å²) in [5.74, 6) is -2.01. The Kier molecular flexibility index (Phi) is 5.04. The molecule has 3 amide bonds. The molecule has 2 aromatic rings. The Bertz CT molecular complexity index is 914. The molecule has 1 heterocycles. The van der Waals surface area contributed by atoms with Gasteiger partial charge in [-0.1, -0.05) is 24.9 Å². The van der Waals surface area contributed by atoms with Crippen molar-refractivity contribution in [2.45, 2.75) is 19.8 Å². The Hall–Kier alpha value is -2.73. The molecule has 7 heteroatoms. The van der Waals surface area contributed by atoms with Crippen LogP contribution in [0.4, 0.5) is 10.1 Å². The second-order valence-electron chi connectivity index (χ2n) is 5.95. The minimum Gasteiger partial charge on any atom is -0.319 e. The van der Waals surface area contributed by atoms with Crippen LogP contribution >= 0.6 is 11.6 Å². The van der Waals surface area contributed by atoms with E-state index in [1.807, 2.05) is 6.92 Å². The van der Waals surface area contributed by atoms with E-state index in [-0.39, 0.29) is 33.3 Å². The fraction of sp³-hybridized carbons (Fsp3) is 0.211. The van der Waals surface area contributed by atoms with E-state index in [9.17, 15) is 18.8 Å². The second kappa shape index (κ2) is 7.25. The van der Waals surface area contributed by atoms with E-state index in [0.29, 0.717) is 13.0 Å². The van der Waals surface area contributed by atoms with Gasteiger partial charge in [-0.15, -0.1) is 0 Å². The third-order valence-electron chi connectivity index (χ3n) is 4.15. The number of benzene rings is 2. The minimum atomic E-state index is -0.663. The number of carbonyl (C=O) groups is 3. The van der Waals surface area contributed by atoms with Crippen LogP contribution in [0.3, 0.4) is 0 Å². The van der Waals surface area contributed by atoms with Crippen molar-refractivity contribution in [1.29, 1.82) is 0 Å². The molecule has 0 spiro atoms. The van der Waals surface area contributed by atoms with Crippen LogP contribution in [0.2, 0.25) is 5.02 Å². The number of fused-ring (bicyclic) bond motifs is 1. The zero-order chi connectivity index (χ0) is 18.8. The molecule has 26 heavy (non-hydrogen) atoms. The third kappa shape index (κ3) is 3.32. The van der Waals surface area contributed by atoms with E-state index in [1.54, 1.807) is 0 Å². The van der Waals surface area contributed by atoms with Crippen molar-refractivity contribution >= 4 is 35.0 Å². The first-order valence-corrected chi connectivity index (χ1v) is 8.56.